The topological polar surface area (TPSA) is 97.0 Å². The first-order valence-electron chi connectivity index (χ1n) is 10.0. The fraction of sp³-hybridized carbons (Fsp3) is 0.429. The zero-order chi connectivity index (χ0) is 21.0. The number of aromatic nitrogens is 3. The Morgan fingerprint density at radius 3 is 2.79 bits per heavy atom. The van der Waals surface area contributed by atoms with Crippen LogP contribution in [-0.2, 0) is 0 Å². The lowest BCUT2D eigenvalue weighted by Gasteiger charge is -2.17. The van der Waals surface area contributed by atoms with Crippen LogP contribution in [0.1, 0.15) is 56.3 Å². The Morgan fingerprint density at radius 1 is 1.34 bits per heavy atom. The molecular weight excluding hydrogens is 384 g/mol. The summed E-state index contributed by atoms with van der Waals surface area (Å²) >= 11 is 1.36. The first-order chi connectivity index (χ1) is 14.0. The summed E-state index contributed by atoms with van der Waals surface area (Å²) in [6, 6.07) is 7.46. The molecule has 3 N–H and O–H groups in total. The maximum atomic E-state index is 13.1. The van der Waals surface area contributed by atoms with Crippen molar-refractivity contribution in [2.45, 2.75) is 40.2 Å². The van der Waals surface area contributed by atoms with Gasteiger partial charge in [0.2, 0.25) is 5.95 Å². The molecule has 0 aliphatic carbocycles. The highest BCUT2D eigenvalue weighted by Crippen LogP contribution is 2.31. The molecular formula is C21H28N6OS. The molecule has 3 aromatic heterocycles. The second-order valence-electron chi connectivity index (χ2n) is 7.02. The van der Waals surface area contributed by atoms with Crippen molar-refractivity contribution in [2.24, 2.45) is 5.92 Å². The van der Waals surface area contributed by atoms with Crippen molar-refractivity contribution in [3.05, 3.63) is 41.9 Å². The number of hydrogen-bond acceptors (Lipinski definition) is 7. The number of thiophene rings is 1. The molecule has 154 valence electrons. The van der Waals surface area contributed by atoms with Crippen LogP contribution >= 0.6 is 11.3 Å². The van der Waals surface area contributed by atoms with Crippen molar-refractivity contribution in [3.63, 3.8) is 0 Å². The van der Waals surface area contributed by atoms with Crippen LogP contribution in [0.4, 0.5) is 10.9 Å². The van der Waals surface area contributed by atoms with Crippen LogP contribution in [-0.4, -0.2) is 38.8 Å². The van der Waals surface area contributed by atoms with Crippen LogP contribution in [0.3, 0.4) is 0 Å². The maximum Gasteiger partial charge on any atom is 0.274 e. The van der Waals surface area contributed by atoms with E-state index in [1.54, 1.807) is 12.3 Å². The number of likely N-dealkylation sites (tertiary alicyclic amines) is 1. The summed E-state index contributed by atoms with van der Waals surface area (Å²) in [5.41, 5.74) is 7.97. The molecule has 1 amide bonds. The Balaban J connectivity index is 0.00000117. The van der Waals surface area contributed by atoms with Gasteiger partial charge in [0.05, 0.1) is 27.0 Å². The van der Waals surface area contributed by atoms with Crippen LogP contribution < -0.4 is 11.1 Å². The van der Waals surface area contributed by atoms with Crippen molar-refractivity contribution in [1.29, 1.82) is 0 Å². The molecule has 0 radical (unpaired) electrons. The van der Waals surface area contributed by atoms with Gasteiger partial charge in [0, 0.05) is 19.3 Å². The number of nitrogens with two attached hydrogens (primary N) is 1. The van der Waals surface area contributed by atoms with Gasteiger partial charge < -0.3 is 16.0 Å². The van der Waals surface area contributed by atoms with Gasteiger partial charge in [-0.15, -0.1) is 11.3 Å². The number of nitrogens with zero attached hydrogens (tertiary/aromatic N) is 4. The van der Waals surface area contributed by atoms with Crippen molar-refractivity contribution >= 4 is 38.4 Å². The fourth-order valence-electron chi connectivity index (χ4n) is 3.33. The summed E-state index contributed by atoms with van der Waals surface area (Å²) in [5.74, 6) is 0.873. The van der Waals surface area contributed by atoms with Gasteiger partial charge in [0.15, 0.2) is 5.69 Å². The Kier molecular flexibility index (Phi) is 6.64. The lowest BCUT2D eigenvalue weighted by Crippen LogP contribution is -2.29. The molecule has 1 fully saturated rings. The van der Waals surface area contributed by atoms with Gasteiger partial charge in [0.25, 0.3) is 5.91 Å². The quantitative estimate of drug-likeness (QED) is 0.661. The summed E-state index contributed by atoms with van der Waals surface area (Å²) in [6.07, 6.45) is 2.77. The Bertz CT molecular complexity index is 974. The monoisotopic (exact) mass is 412 g/mol. The average molecular weight is 413 g/mol. The average Bonchev–Trinajstić information content (AvgIpc) is 3.33. The van der Waals surface area contributed by atoms with Gasteiger partial charge in [-0.05, 0) is 37.5 Å². The smallest absolute Gasteiger partial charge is 0.274 e. The van der Waals surface area contributed by atoms with Crippen molar-refractivity contribution in [1.82, 2.24) is 19.9 Å². The number of carbonyl (C=O) groups is 1. The molecule has 2 atom stereocenters. The lowest BCUT2D eigenvalue weighted by atomic mass is 10.2. The first kappa shape index (κ1) is 21.0. The first-order valence-corrected chi connectivity index (χ1v) is 10.9. The third-order valence-corrected chi connectivity index (χ3v) is 5.74. The molecule has 8 heteroatoms. The van der Waals surface area contributed by atoms with Gasteiger partial charge in [-0.1, -0.05) is 26.8 Å². The molecule has 0 bridgehead atoms. The fourth-order valence-corrected chi connectivity index (χ4v) is 4.17. The minimum atomic E-state index is -0.0885. The highest BCUT2D eigenvalue weighted by molar-refractivity contribution is 7.22. The van der Waals surface area contributed by atoms with Gasteiger partial charge >= 0.3 is 0 Å². The summed E-state index contributed by atoms with van der Waals surface area (Å²) in [4.78, 5) is 28.4. The van der Waals surface area contributed by atoms with E-state index in [0.717, 1.165) is 29.9 Å². The summed E-state index contributed by atoms with van der Waals surface area (Å²) in [5, 5.41) is 3.89. The molecule has 4 rings (SSSR count). The maximum absolute atomic E-state index is 13.1. The summed E-state index contributed by atoms with van der Waals surface area (Å²) in [7, 11) is 0. The molecule has 4 heterocycles. The van der Waals surface area contributed by atoms with E-state index in [1.165, 1.54) is 11.3 Å². The molecule has 0 aromatic carbocycles. The van der Waals surface area contributed by atoms with Gasteiger partial charge in [-0.25, -0.2) is 9.97 Å². The predicted octanol–water partition coefficient (Wildman–Crippen LogP) is 4.35. The van der Waals surface area contributed by atoms with Gasteiger partial charge in [-0.3, -0.25) is 9.78 Å². The van der Waals surface area contributed by atoms with Crippen LogP contribution in [0.2, 0.25) is 0 Å². The molecule has 0 saturated carbocycles. The molecule has 1 aliphatic rings. The highest BCUT2D eigenvalue weighted by Gasteiger charge is 2.28. The summed E-state index contributed by atoms with van der Waals surface area (Å²) in [6.45, 7) is 9.67. The third-order valence-electron chi connectivity index (χ3n) is 4.78. The minimum Gasteiger partial charge on any atom is -0.391 e. The van der Waals surface area contributed by atoms with Crippen molar-refractivity contribution in [2.75, 3.05) is 24.1 Å². The predicted molar refractivity (Wildman–Crippen MR) is 119 cm³/mol. The van der Waals surface area contributed by atoms with E-state index in [2.05, 4.69) is 27.2 Å². The molecule has 1 saturated heterocycles. The Hall–Kier alpha value is -2.74. The second kappa shape index (κ2) is 9.17. The number of pyridine rings is 1. The second-order valence-corrected chi connectivity index (χ2v) is 8.11. The van der Waals surface area contributed by atoms with Gasteiger partial charge in [-0.2, -0.15) is 0 Å². The normalized spacial score (nSPS) is 17.0. The standard InChI is InChI=1S/C19H22N6OS.C2H6/c1-11-6-8-25(10-11)18(26)16-17-14(9-15(20)27-17)23-19(24-16)22-12(2)13-5-3-4-7-21-13;1-2/h3-5,7,9,11-12H,6,8,10,20H2,1-2H3,(H,22,23,24);1-2H3/t11-,12+;/m1./s1. The number of carbonyl (C=O) groups excluding carboxylic acids is 1. The molecule has 7 nitrogen and oxygen atoms in total. The number of nitrogen functional groups attached to an aromatic ring is 1. The number of rotatable bonds is 4. The number of hydrogen-bond donors (Lipinski definition) is 2. The van der Waals surface area contributed by atoms with Crippen LogP contribution in [0.25, 0.3) is 10.2 Å². The van der Waals surface area contributed by atoms with Crippen molar-refractivity contribution < 1.29 is 4.79 Å². The number of anilines is 2. The van der Waals surface area contributed by atoms with E-state index in [0.29, 0.717) is 28.1 Å². The number of nitrogens with one attached hydrogen (secondary N) is 1. The van der Waals surface area contributed by atoms with E-state index in [9.17, 15) is 4.79 Å². The molecule has 0 unspecified atom stereocenters. The molecule has 3 aromatic rings. The SMILES string of the molecule is CC.C[C@@H]1CCN(C(=O)c2nc(N[C@@H](C)c3ccccn3)nc3cc(N)sc23)C1. The highest BCUT2D eigenvalue weighted by atomic mass is 32.1. The van der Waals surface area contributed by atoms with E-state index < -0.39 is 0 Å². The van der Waals surface area contributed by atoms with Crippen LogP contribution in [0.15, 0.2) is 30.5 Å². The van der Waals surface area contributed by atoms with E-state index in [-0.39, 0.29) is 11.9 Å². The van der Waals surface area contributed by atoms with E-state index in [4.69, 9.17) is 5.73 Å². The summed E-state index contributed by atoms with van der Waals surface area (Å²) < 4.78 is 0.744. The van der Waals surface area contributed by atoms with Crippen LogP contribution in [0.5, 0.6) is 0 Å². The third kappa shape index (κ3) is 4.64. The van der Waals surface area contributed by atoms with Crippen LogP contribution in [0, 0.1) is 5.92 Å². The zero-order valence-electron chi connectivity index (χ0n) is 17.3. The zero-order valence-corrected chi connectivity index (χ0v) is 18.2. The van der Waals surface area contributed by atoms with E-state index in [1.807, 2.05) is 43.9 Å². The van der Waals surface area contributed by atoms with Gasteiger partial charge in [0.1, 0.15) is 0 Å². The number of amides is 1. The largest absolute Gasteiger partial charge is 0.391 e. The number of fused-ring (bicyclic) bond motifs is 1. The van der Waals surface area contributed by atoms with E-state index >= 15 is 0 Å². The Morgan fingerprint density at radius 2 is 2.14 bits per heavy atom. The Labute approximate surface area is 175 Å². The molecule has 29 heavy (non-hydrogen) atoms. The minimum absolute atomic E-state index is 0.0536. The molecule has 0 spiro atoms. The molecule has 1 aliphatic heterocycles. The lowest BCUT2D eigenvalue weighted by molar-refractivity contribution is 0.0784. The van der Waals surface area contributed by atoms with Crippen molar-refractivity contribution in [3.8, 4) is 0 Å².